The molecule has 6 heteroatoms. The summed E-state index contributed by atoms with van der Waals surface area (Å²) >= 11 is 0. The van der Waals surface area contributed by atoms with Gasteiger partial charge < -0.3 is 16.0 Å². The van der Waals surface area contributed by atoms with E-state index in [9.17, 15) is 13.2 Å². The van der Waals surface area contributed by atoms with Crippen LogP contribution >= 0.6 is 0 Å². The lowest BCUT2D eigenvalue weighted by Crippen LogP contribution is -2.55. The average Bonchev–Trinajstić information content (AvgIpc) is 2.57. The number of nitrogens with zero attached hydrogens (tertiary/aromatic N) is 1. The summed E-state index contributed by atoms with van der Waals surface area (Å²) in [6, 6.07) is 6.45. The van der Waals surface area contributed by atoms with E-state index in [4.69, 9.17) is 5.73 Å². The zero-order valence-corrected chi connectivity index (χ0v) is 13.9. The number of benzene rings is 1. The highest BCUT2D eigenvalue weighted by Gasteiger charge is 2.31. The Morgan fingerprint density at radius 2 is 1.71 bits per heavy atom. The van der Waals surface area contributed by atoms with Crippen LogP contribution < -0.4 is 16.0 Å². The minimum Gasteiger partial charge on any atom is -0.370 e. The van der Waals surface area contributed by atoms with Crippen LogP contribution in [-0.4, -0.2) is 31.2 Å². The number of rotatable bonds is 3. The molecule has 3 N–H and O–H groups in total. The van der Waals surface area contributed by atoms with E-state index in [1.807, 2.05) is 0 Å². The van der Waals surface area contributed by atoms with Gasteiger partial charge >= 0.3 is 6.18 Å². The molecule has 1 saturated carbocycles. The van der Waals surface area contributed by atoms with Crippen molar-refractivity contribution in [1.29, 1.82) is 0 Å². The lowest BCUT2D eigenvalue weighted by molar-refractivity contribution is -0.137. The second kappa shape index (κ2) is 7.31. The van der Waals surface area contributed by atoms with E-state index in [-0.39, 0.29) is 6.04 Å². The van der Waals surface area contributed by atoms with Gasteiger partial charge in [-0.05, 0) is 49.9 Å². The molecule has 1 aromatic carbocycles. The molecule has 0 radical (unpaired) electrons. The Hall–Kier alpha value is -1.27. The first-order valence-electron chi connectivity index (χ1n) is 8.87. The van der Waals surface area contributed by atoms with Crippen molar-refractivity contribution in [3.63, 3.8) is 0 Å². The molecule has 3 atom stereocenters. The quantitative estimate of drug-likeness (QED) is 0.884. The van der Waals surface area contributed by atoms with Crippen molar-refractivity contribution in [2.45, 2.75) is 62.8 Å². The third-order valence-corrected chi connectivity index (χ3v) is 5.25. The number of alkyl halides is 3. The first kappa shape index (κ1) is 17.5. The maximum Gasteiger partial charge on any atom is 0.416 e. The van der Waals surface area contributed by atoms with Crippen LogP contribution in [0.2, 0.25) is 0 Å². The van der Waals surface area contributed by atoms with Crippen LogP contribution in [0.1, 0.15) is 44.1 Å². The van der Waals surface area contributed by atoms with Crippen molar-refractivity contribution < 1.29 is 13.2 Å². The van der Waals surface area contributed by atoms with Gasteiger partial charge in [-0.1, -0.05) is 12.8 Å². The zero-order valence-electron chi connectivity index (χ0n) is 13.9. The van der Waals surface area contributed by atoms with Crippen LogP contribution in [0.5, 0.6) is 0 Å². The maximum atomic E-state index is 12.7. The van der Waals surface area contributed by atoms with Crippen LogP contribution in [0.4, 0.5) is 18.9 Å². The Labute approximate surface area is 141 Å². The van der Waals surface area contributed by atoms with Crippen molar-refractivity contribution in [3.05, 3.63) is 29.8 Å². The topological polar surface area (TPSA) is 41.3 Å². The highest BCUT2D eigenvalue weighted by atomic mass is 19.4. The van der Waals surface area contributed by atoms with Gasteiger partial charge in [-0.15, -0.1) is 0 Å². The molecule has 0 unspecified atom stereocenters. The molecular formula is C18H26F3N3. The molecule has 2 aliphatic rings. The number of anilines is 1. The molecule has 0 amide bonds. The molecule has 1 aromatic rings. The molecule has 24 heavy (non-hydrogen) atoms. The Bertz CT molecular complexity index is 529. The van der Waals surface area contributed by atoms with E-state index in [0.29, 0.717) is 12.1 Å². The Morgan fingerprint density at radius 1 is 1.00 bits per heavy atom. The summed E-state index contributed by atoms with van der Waals surface area (Å²) in [4.78, 5) is 2.18. The van der Waals surface area contributed by atoms with Gasteiger partial charge in [0.25, 0.3) is 0 Å². The highest BCUT2D eigenvalue weighted by Crippen LogP contribution is 2.31. The highest BCUT2D eigenvalue weighted by molar-refractivity contribution is 5.48. The molecule has 0 bridgehead atoms. The second-order valence-corrected chi connectivity index (χ2v) is 7.05. The third-order valence-electron chi connectivity index (χ3n) is 5.25. The van der Waals surface area contributed by atoms with E-state index in [2.05, 4.69) is 10.2 Å². The van der Waals surface area contributed by atoms with Gasteiger partial charge in [0.05, 0.1) is 5.56 Å². The smallest absolute Gasteiger partial charge is 0.370 e. The molecular weight excluding hydrogens is 315 g/mol. The number of hydrogen-bond donors (Lipinski definition) is 2. The lowest BCUT2D eigenvalue weighted by atomic mass is 9.89. The van der Waals surface area contributed by atoms with E-state index in [1.165, 1.54) is 25.0 Å². The molecule has 134 valence electrons. The summed E-state index contributed by atoms with van der Waals surface area (Å²) < 4.78 is 38.1. The van der Waals surface area contributed by atoms with Crippen molar-refractivity contribution in [2.24, 2.45) is 5.73 Å². The Balaban J connectivity index is 1.60. The van der Waals surface area contributed by atoms with Crippen molar-refractivity contribution in [3.8, 4) is 0 Å². The minimum absolute atomic E-state index is 0.222. The molecule has 1 saturated heterocycles. The number of halogens is 3. The molecule has 2 fully saturated rings. The van der Waals surface area contributed by atoms with Crippen LogP contribution in [0.25, 0.3) is 0 Å². The zero-order chi connectivity index (χ0) is 17.2. The van der Waals surface area contributed by atoms with Gasteiger partial charge in [0.15, 0.2) is 0 Å². The standard InChI is InChI=1S/C18H26F3N3/c19-18(20,21)13-7-9-15(10-8-13)24-11-3-4-14(12-24)23-17-6-2-1-5-16(17)22/h7-10,14,16-17,23H,1-6,11-12,22H2/t14-,16+,17+/m0/s1. The molecule has 1 heterocycles. The monoisotopic (exact) mass is 341 g/mol. The number of nitrogens with two attached hydrogens (primary N) is 1. The fourth-order valence-corrected chi connectivity index (χ4v) is 3.88. The van der Waals surface area contributed by atoms with Crippen molar-refractivity contribution >= 4 is 5.69 Å². The fourth-order valence-electron chi connectivity index (χ4n) is 3.88. The summed E-state index contributed by atoms with van der Waals surface area (Å²) in [7, 11) is 0. The predicted octanol–water partition coefficient (Wildman–Crippen LogP) is 3.53. The van der Waals surface area contributed by atoms with Gasteiger partial charge in [0.2, 0.25) is 0 Å². The van der Waals surface area contributed by atoms with E-state index >= 15 is 0 Å². The fraction of sp³-hybridized carbons (Fsp3) is 0.667. The largest absolute Gasteiger partial charge is 0.416 e. The van der Waals surface area contributed by atoms with Crippen molar-refractivity contribution in [2.75, 3.05) is 18.0 Å². The Morgan fingerprint density at radius 3 is 2.38 bits per heavy atom. The third kappa shape index (κ3) is 4.22. The first-order valence-corrected chi connectivity index (χ1v) is 8.87. The average molecular weight is 341 g/mol. The van der Waals surface area contributed by atoms with Gasteiger partial charge in [-0.3, -0.25) is 0 Å². The maximum absolute atomic E-state index is 12.7. The predicted molar refractivity (Wildman–Crippen MR) is 90.0 cm³/mol. The molecule has 3 nitrogen and oxygen atoms in total. The van der Waals surface area contributed by atoms with Crippen molar-refractivity contribution in [1.82, 2.24) is 5.32 Å². The lowest BCUT2D eigenvalue weighted by Gasteiger charge is -2.39. The normalized spacial score (nSPS) is 28.8. The summed E-state index contributed by atoms with van der Waals surface area (Å²) in [5.74, 6) is 0. The van der Waals surface area contributed by atoms with Gasteiger partial charge in [0.1, 0.15) is 0 Å². The molecule has 0 aromatic heterocycles. The SMILES string of the molecule is N[C@@H]1CCCC[C@H]1N[C@H]1CCCN(c2ccc(C(F)(F)F)cc2)C1. The molecule has 1 aliphatic carbocycles. The molecule has 3 rings (SSSR count). The van der Waals surface area contributed by atoms with Crippen LogP contribution in [-0.2, 0) is 6.18 Å². The van der Waals surface area contributed by atoms with Gasteiger partial charge in [-0.25, -0.2) is 0 Å². The second-order valence-electron chi connectivity index (χ2n) is 7.05. The summed E-state index contributed by atoms with van der Waals surface area (Å²) in [5, 5.41) is 3.70. The Kier molecular flexibility index (Phi) is 5.35. The van der Waals surface area contributed by atoms with Crippen LogP contribution in [0.15, 0.2) is 24.3 Å². The van der Waals surface area contributed by atoms with Gasteiger partial charge in [-0.2, -0.15) is 13.2 Å². The van der Waals surface area contributed by atoms with Crippen LogP contribution in [0.3, 0.4) is 0 Å². The van der Waals surface area contributed by atoms with E-state index in [0.717, 1.165) is 44.5 Å². The van der Waals surface area contributed by atoms with Gasteiger partial charge in [0, 0.05) is 36.9 Å². The molecule has 1 aliphatic heterocycles. The number of nitrogens with one attached hydrogen (secondary N) is 1. The number of piperidine rings is 1. The first-order chi connectivity index (χ1) is 11.4. The van der Waals surface area contributed by atoms with E-state index in [1.54, 1.807) is 12.1 Å². The summed E-state index contributed by atoms with van der Waals surface area (Å²) in [6.07, 6.45) is 2.50. The minimum atomic E-state index is -4.28. The summed E-state index contributed by atoms with van der Waals surface area (Å²) in [5.41, 5.74) is 6.49. The number of hydrogen-bond acceptors (Lipinski definition) is 3. The molecule has 0 spiro atoms. The van der Waals surface area contributed by atoms with E-state index < -0.39 is 11.7 Å². The summed E-state index contributed by atoms with van der Waals surface area (Å²) in [6.45, 7) is 1.72. The van der Waals surface area contributed by atoms with Crippen LogP contribution in [0, 0.1) is 0 Å².